The number of hydrogen-bond donors (Lipinski definition) is 1. The Morgan fingerprint density at radius 3 is 2.56 bits per heavy atom. The van der Waals surface area contributed by atoms with Gasteiger partial charge in [0.25, 0.3) is 0 Å². The van der Waals surface area contributed by atoms with Crippen LogP contribution < -0.4 is 10.1 Å². The van der Waals surface area contributed by atoms with Crippen molar-refractivity contribution < 1.29 is 19.1 Å². The number of ether oxygens (including phenoxy) is 2. The molecule has 0 aromatic heterocycles. The summed E-state index contributed by atoms with van der Waals surface area (Å²) in [4.78, 5) is 32.4. The number of carbonyl (C=O) groups excluding carboxylic acids is 2. The predicted molar refractivity (Wildman–Crippen MR) is 135 cm³/mol. The lowest BCUT2D eigenvalue weighted by molar-refractivity contribution is -0.136. The fraction of sp³-hybridized carbons (Fsp3) is 0.269. The number of para-hydroxylation sites is 1. The SMILES string of the molecule is COC(=O)C1=C(C)N=C2SC=C(CC(=O)Nc3ccc(C)c(C)c3)N2[C@H]1c1ccccc1OC. The van der Waals surface area contributed by atoms with Crippen LogP contribution in [-0.2, 0) is 14.3 Å². The van der Waals surface area contributed by atoms with Crippen molar-refractivity contribution in [2.45, 2.75) is 33.2 Å². The summed E-state index contributed by atoms with van der Waals surface area (Å²) < 4.78 is 10.7. The Morgan fingerprint density at radius 1 is 1.09 bits per heavy atom. The van der Waals surface area contributed by atoms with Gasteiger partial charge in [0.05, 0.1) is 38.0 Å². The van der Waals surface area contributed by atoms with Crippen molar-refractivity contribution in [1.29, 1.82) is 0 Å². The minimum atomic E-state index is -0.535. The lowest BCUT2D eigenvalue weighted by Crippen LogP contribution is -2.37. The second-order valence-electron chi connectivity index (χ2n) is 8.15. The molecular formula is C26H27N3O4S. The van der Waals surface area contributed by atoms with E-state index in [1.165, 1.54) is 24.4 Å². The number of methoxy groups -OCH3 is 2. The zero-order chi connectivity index (χ0) is 24.4. The molecule has 1 atom stereocenters. The molecule has 34 heavy (non-hydrogen) atoms. The molecule has 2 aliphatic heterocycles. The second-order valence-corrected chi connectivity index (χ2v) is 8.99. The van der Waals surface area contributed by atoms with Gasteiger partial charge in [-0.05, 0) is 55.5 Å². The van der Waals surface area contributed by atoms with Gasteiger partial charge in [0.1, 0.15) is 5.75 Å². The number of nitrogens with zero attached hydrogens (tertiary/aromatic N) is 2. The minimum Gasteiger partial charge on any atom is -0.496 e. The van der Waals surface area contributed by atoms with Gasteiger partial charge in [-0.3, -0.25) is 4.79 Å². The highest BCUT2D eigenvalue weighted by Gasteiger charge is 2.42. The molecule has 0 fully saturated rings. The van der Waals surface area contributed by atoms with Gasteiger partial charge < -0.3 is 19.7 Å². The molecule has 1 amide bonds. The van der Waals surface area contributed by atoms with Crippen LogP contribution in [0.3, 0.4) is 0 Å². The van der Waals surface area contributed by atoms with Gasteiger partial charge in [-0.25, -0.2) is 9.79 Å². The van der Waals surface area contributed by atoms with Crippen LogP contribution in [0.15, 0.2) is 69.8 Å². The minimum absolute atomic E-state index is 0.123. The number of anilines is 1. The number of fused-ring (bicyclic) bond motifs is 1. The smallest absolute Gasteiger partial charge is 0.338 e. The number of aliphatic imine (C=N–C) groups is 1. The number of carbonyl (C=O) groups is 2. The number of rotatable bonds is 6. The molecule has 0 saturated heterocycles. The molecule has 0 spiro atoms. The van der Waals surface area contributed by atoms with Crippen LogP contribution in [0.4, 0.5) is 5.69 Å². The van der Waals surface area contributed by atoms with E-state index in [9.17, 15) is 9.59 Å². The first-order valence-corrected chi connectivity index (χ1v) is 11.7. The van der Waals surface area contributed by atoms with E-state index >= 15 is 0 Å². The van der Waals surface area contributed by atoms with Gasteiger partial charge in [-0.2, -0.15) is 0 Å². The van der Waals surface area contributed by atoms with Gasteiger partial charge in [-0.15, -0.1) is 0 Å². The van der Waals surface area contributed by atoms with Gasteiger partial charge in [0.15, 0.2) is 5.17 Å². The number of esters is 1. The molecule has 0 aliphatic carbocycles. The standard InChI is InChI=1S/C26H27N3O4S/c1-15-10-11-18(12-16(15)2)28-22(30)13-19-14-34-26-27-17(3)23(25(31)33-5)24(29(19)26)20-8-6-7-9-21(20)32-4/h6-12,14,24H,13H2,1-5H3,(H,28,30)/t24-/m0/s1. The Balaban J connectivity index is 1.68. The second kappa shape index (κ2) is 9.77. The highest BCUT2D eigenvalue weighted by Crippen LogP contribution is 2.46. The number of thioether (sulfide) groups is 1. The van der Waals surface area contributed by atoms with E-state index in [-0.39, 0.29) is 12.3 Å². The first kappa shape index (κ1) is 23.6. The third-order valence-corrected chi connectivity index (χ3v) is 6.86. The molecule has 0 bridgehead atoms. The van der Waals surface area contributed by atoms with E-state index < -0.39 is 12.0 Å². The maximum Gasteiger partial charge on any atom is 0.338 e. The van der Waals surface area contributed by atoms with Gasteiger partial charge in [-0.1, -0.05) is 36.0 Å². The number of nitrogens with one attached hydrogen (secondary N) is 1. The maximum atomic E-state index is 13.0. The highest BCUT2D eigenvalue weighted by atomic mass is 32.2. The Labute approximate surface area is 203 Å². The molecule has 8 heteroatoms. The fourth-order valence-electron chi connectivity index (χ4n) is 4.12. The predicted octanol–water partition coefficient (Wildman–Crippen LogP) is 5.09. The summed E-state index contributed by atoms with van der Waals surface area (Å²) in [6.07, 6.45) is 0.123. The molecule has 0 radical (unpaired) electrons. The quantitative estimate of drug-likeness (QED) is 0.584. The Kier molecular flexibility index (Phi) is 6.79. The van der Waals surface area contributed by atoms with Crippen molar-refractivity contribution in [2.75, 3.05) is 19.5 Å². The fourth-order valence-corrected chi connectivity index (χ4v) is 5.08. The molecule has 176 valence electrons. The van der Waals surface area contributed by atoms with Crippen LogP contribution in [0.1, 0.15) is 36.1 Å². The number of benzene rings is 2. The van der Waals surface area contributed by atoms with Crippen LogP contribution >= 0.6 is 11.8 Å². The molecule has 1 N–H and O–H groups in total. The first-order chi connectivity index (χ1) is 16.3. The van der Waals surface area contributed by atoms with Crippen LogP contribution in [0.2, 0.25) is 0 Å². The number of aryl methyl sites for hydroxylation is 2. The van der Waals surface area contributed by atoms with Crippen molar-refractivity contribution in [3.8, 4) is 5.75 Å². The lowest BCUT2D eigenvalue weighted by Gasteiger charge is -2.36. The number of amidine groups is 1. The molecule has 2 aliphatic rings. The zero-order valence-electron chi connectivity index (χ0n) is 19.8. The molecular weight excluding hydrogens is 450 g/mol. The van der Waals surface area contributed by atoms with Crippen molar-refractivity contribution in [1.82, 2.24) is 4.90 Å². The van der Waals surface area contributed by atoms with Crippen LogP contribution in [0.25, 0.3) is 0 Å². The van der Waals surface area contributed by atoms with E-state index in [0.29, 0.717) is 22.2 Å². The van der Waals surface area contributed by atoms with E-state index in [2.05, 4.69) is 10.3 Å². The van der Waals surface area contributed by atoms with Crippen molar-refractivity contribution in [3.63, 3.8) is 0 Å². The summed E-state index contributed by atoms with van der Waals surface area (Å²) in [6.45, 7) is 5.84. The summed E-state index contributed by atoms with van der Waals surface area (Å²) in [5.74, 6) is 0.0202. The van der Waals surface area contributed by atoms with Crippen LogP contribution in [-0.4, -0.2) is 36.2 Å². The summed E-state index contributed by atoms with van der Waals surface area (Å²) in [5, 5.41) is 5.59. The number of amides is 1. The third kappa shape index (κ3) is 4.46. The molecule has 2 aromatic carbocycles. The van der Waals surface area contributed by atoms with Crippen molar-refractivity contribution in [2.24, 2.45) is 4.99 Å². The Bertz CT molecular complexity index is 1250. The van der Waals surface area contributed by atoms with Crippen molar-refractivity contribution in [3.05, 3.63) is 81.5 Å². The monoisotopic (exact) mass is 477 g/mol. The van der Waals surface area contributed by atoms with E-state index in [1.807, 2.05) is 66.6 Å². The summed E-state index contributed by atoms with van der Waals surface area (Å²) in [7, 11) is 2.95. The van der Waals surface area contributed by atoms with E-state index in [0.717, 1.165) is 22.5 Å². The molecule has 7 nitrogen and oxygen atoms in total. The topological polar surface area (TPSA) is 80.2 Å². The van der Waals surface area contributed by atoms with Gasteiger partial charge in [0, 0.05) is 16.9 Å². The van der Waals surface area contributed by atoms with Gasteiger partial charge >= 0.3 is 5.97 Å². The molecule has 0 saturated carbocycles. The summed E-state index contributed by atoms with van der Waals surface area (Å²) in [5.41, 5.74) is 5.56. The lowest BCUT2D eigenvalue weighted by atomic mass is 9.93. The average molecular weight is 478 g/mol. The summed E-state index contributed by atoms with van der Waals surface area (Å²) in [6, 6.07) is 12.8. The Morgan fingerprint density at radius 2 is 1.85 bits per heavy atom. The highest BCUT2D eigenvalue weighted by molar-refractivity contribution is 8.16. The molecule has 0 unspecified atom stereocenters. The largest absolute Gasteiger partial charge is 0.496 e. The number of allylic oxidation sites excluding steroid dienone is 1. The molecule has 4 rings (SSSR count). The third-order valence-electron chi connectivity index (χ3n) is 5.97. The van der Waals surface area contributed by atoms with Gasteiger partial charge in [0.2, 0.25) is 5.91 Å². The van der Waals surface area contributed by atoms with E-state index in [1.54, 1.807) is 14.0 Å². The average Bonchev–Trinajstić information content (AvgIpc) is 3.21. The van der Waals surface area contributed by atoms with Crippen molar-refractivity contribution >= 4 is 34.5 Å². The number of hydrogen-bond acceptors (Lipinski definition) is 7. The maximum absolute atomic E-state index is 13.0. The van der Waals surface area contributed by atoms with Crippen LogP contribution in [0.5, 0.6) is 5.75 Å². The van der Waals surface area contributed by atoms with E-state index in [4.69, 9.17) is 9.47 Å². The normalized spacial score (nSPS) is 17.1. The Hall–Kier alpha value is -3.52. The molecule has 2 aromatic rings. The van der Waals surface area contributed by atoms with Crippen LogP contribution in [0, 0.1) is 13.8 Å². The zero-order valence-corrected chi connectivity index (χ0v) is 20.7. The molecule has 2 heterocycles. The first-order valence-electron chi connectivity index (χ1n) is 10.9. The summed E-state index contributed by atoms with van der Waals surface area (Å²) >= 11 is 1.43.